The van der Waals surface area contributed by atoms with Crippen LogP contribution in [0.4, 0.5) is 0 Å². The van der Waals surface area contributed by atoms with Gasteiger partial charge < -0.3 is 10.6 Å². The van der Waals surface area contributed by atoms with Gasteiger partial charge in [-0.25, -0.2) is 0 Å². The molecule has 0 aromatic heterocycles. The molecule has 0 fully saturated rings. The third-order valence-corrected chi connectivity index (χ3v) is 2.28. The van der Waals surface area contributed by atoms with E-state index in [2.05, 4.69) is 45.3 Å². The van der Waals surface area contributed by atoms with E-state index in [4.69, 9.17) is 0 Å². The highest BCUT2D eigenvalue weighted by Crippen LogP contribution is 2.26. The molecule has 0 aliphatic carbocycles. The van der Waals surface area contributed by atoms with Crippen molar-refractivity contribution in [2.75, 3.05) is 13.6 Å². The first-order chi connectivity index (χ1) is 7.16. The molecule has 0 atom stereocenters. The van der Waals surface area contributed by atoms with Crippen LogP contribution in [0.3, 0.4) is 0 Å². The van der Waals surface area contributed by atoms with Gasteiger partial charge in [0.15, 0.2) is 0 Å². The van der Waals surface area contributed by atoms with Crippen molar-refractivity contribution < 1.29 is 4.79 Å². The highest BCUT2D eigenvalue weighted by molar-refractivity contribution is 5.85. The summed E-state index contributed by atoms with van der Waals surface area (Å²) >= 11 is 0. The quantitative estimate of drug-likeness (QED) is 0.725. The molecule has 0 saturated carbocycles. The van der Waals surface area contributed by atoms with Crippen molar-refractivity contribution in [1.29, 1.82) is 0 Å². The first-order valence-electron chi connectivity index (χ1n) is 6.12. The minimum absolute atomic E-state index is 0. The van der Waals surface area contributed by atoms with Crippen molar-refractivity contribution in [2.45, 2.75) is 59.4 Å². The summed E-state index contributed by atoms with van der Waals surface area (Å²) in [5.74, 6) is 0.157. The Balaban J connectivity index is 0. The van der Waals surface area contributed by atoms with Gasteiger partial charge in [0.1, 0.15) is 0 Å². The Bertz CT molecular complexity index is 222. The topological polar surface area (TPSA) is 41.1 Å². The van der Waals surface area contributed by atoms with Crippen LogP contribution in [0.2, 0.25) is 0 Å². The van der Waals surface area contributed by atoms with E-state index in [1.54, 1.807) is 0 Å². The third kappa shape index (κ3) is 12.0. The molecule has 0 saturated heterocycles. The van der Waals surface area contributed by atoms with Crippen LogP contribution in [-0.4, -0.2) is 25.0 Å². The second-order valence-electron chi connectivity index (χ2n) is 6.38. The Kier molecular flexibility index (Phi) is 8.90. The number of carbonyl (C=O) groups is 1. The maximum atomic E-state index is 11.7. The molecule has 0 aromatic carbocycles. The van der Waals surface area contributed by atoms with Gasteiger partial charge in [-0.15, -0.1) is 12.4 Å². The van der Waals surface area contributed by atoms with Crippen LogP contribution in [-0.2, 0) is 4.79 Å². The van der Waals surface area contributed by atoms with Crippen molar-refractivity contribution >= 4 is 18.3 Å². The van der Waals surface area contributed by atoms with E-state index in [1.807, 2.05) is 7.05 Å². The molecule has 2 N–H and O–H groups in total. The van der Waals surface area contributed by atoms with Gasteiger partial charge in [0.2, 0.25) is 5.91 Å². The molecule has 3 nitrogen and oxygen atoms in total. The van der Waals surface area contributed by atoms with E-state index in [0.29, 0.717) is 6.42 Å². The molecular weight excluding hydrogens is 236 g/mol. The summed E-state index contributed by atoms with van der Waals surface area (Å²) in [6.45, 7) is 11.7. The number of hydrogen-bond donors (Lipinski definition) is 2. The second kappa shape index (κ2) is 7.93. The van der Waals surface area contributed by atoms with Crippen LogP contribution in [0.25, 0.3) is 0 Å². The van der Waals surface area contributed by atoms with Gasteiger partial charge in [0.05, 0.1) is 0 Å². The van der Waals surface area contributed by atoms with Crippen molar-refractivity contribution in [3.63, 3.8) is 0 Å². The predicted molar refractivity (Wildman–Crippen MR) is 76.7 cm³/mol. The summed E-state index contributed by atoms with van der Waals surface area (Å²) in [6, 6.07) is 0. The fourth-order valence-electron chi connectivity index (χ4n) is 2.24. The zero-order valence-corrected chi connectivity index (χ0v) is 13.0. The zero-order valence-electron chi connectivity index (χ0n) is 12.1. The van der Waals surface area contributed by atoms with E-state index >= 15 is 0 Å². The molecule has 0 rings (SSSR count). The molecule has 4 heteroatoms. The van der Waals surface area contributed by atoms with Gasteiger partial charge >= 0.3 is 0 Å². The summed E-state index contributed by atoms with van der Waals surface area (Å²) in [4.78, 5) is 11.7. The lowest BCUT2D eigenvalue weighted by Gasteiger charge is -2.33. The lowest BCUT2D eigenvalue weighted by Crippen LogP contribution is -2.45. The number of hydrogen-bond acceptors (Lipinski definition) is 2. The Labute approximate surface area is 113 Å². The van der Waals surface area contributed by atoms with Crippen LogP contribution >= 0.6 is 12.4 Å². The molecular formula is C13H29ClN2O. The molecule has 17 heavy (non-hydrogen) atoms. The number of nitrogens with one attached hydrogen (secondary N) is 2. The molecule has 104 valence electrons. The summed E-state index contributed by atoms with van der Waals surface area (Å²) in [7, 11) is 1.90. The maximum Gasteiger partial charge on any atom is 0.220 e. The van der Waals surface area contributed by atoms with E-state index in [0.717, 1.165) is 19.4 Å². The largest absolute Gasteiger partial charge is 0.351 e. The number of amides is 1. The van der Waals surface area contributed by atoms with Crippen LogP contribution in [0.15, 0.2) is 0 Å². The monoisotopic (exact) mass is 264 g/mol. The standard InChI is InChI=1S/C13H28N2O.ClH/c1-12(2,3)10-13(4,5)15-11(16)8-7-9-14-6;/h14H,7-10H2,1-6H3,(H,15,16);1H. The predicted octanol–water partition coefficient (Wildman–Crippen LogP) is 2.74. The van der Waals surface area contributed by atoms with E-state index in [9.17, 15) is 4.79 Å². The van der Waals surface area contributed by atoms with E-state index in [1.165, 1.54) is 0 Å². The van der Waals surface area contributed by atoms with Crippen molar-refractivity contribution in [3.8, 4) is 0 Å². The lowest BCUT2D eigenvalue weighted by molar-refractivity contribution is -0.123. The fraction of sp³-hybridized carbons (Fsp3) is 0.923. The molecule has 0 heterocycles. The highest BCUT2D eigenvalue weighted by atomic mass is 35.5. The molecule has 1 amide bonds. The minimum Gasteiger partial charge on any atom is -0.351 e. The van der Waals surface area contributed by atoms with Gasteiger partial charge in [-0.2, -0.15) is 0 Å². The average Bonchev–Trinajstić information content (AvgIpc) is 1.98. The van der Waals surface area contributed by atoms with Crippen LogP contribution < -0.4 is 10.6 Å². The number of halogens is 1. The summed E-state index contributed by atoms with van der Waals surface area (Å²) in [6.07, 6.45) is 2.49. The minimum atomic E-state index is -0.116. The average molecular weight is 265 g/mol. The molecule has 0 unspecified atom stereocenters. The summed E-state index contributed by atoms with van der Waals surface area (Å²) in [5.41, 5.74) is 0.122. The van der Waals surface area contributed by atoms with Crippen LogP contribution in [0.5, 0.6) is 0 Å². The molecule has 0 aliphatic heterocycles. The van der Waals surface area contributed by atoms with Crippen molar-refractivity contribution in [3.05, 3.63) is 0 Å². The molecule has 0 aromatic rings. The zero-order chi connectivity index (χ0) is 12.8. The first-order valence-corrected chi connectivity index (χ1v) is 6.12. The fourth-order valence-corrected chi connectivity index (χ4v) is 2.24. The Morgan fingerprint density at radius 1 is 1.12 bits per heavy atom. The van der Waals surface area contributed by atoms with Crippen LogP contribution in [0, 0.1) is 5.41 Å². The van der Waals surface area contributed by atoms with Crippen molar-refractivity contribution in [1.82, 2.24) is 10.6 Å². The smallest absolute Gasteiger partial charge is 0.220 e. The Hall–Kier alpha value is -0.280. The van der Waals surface area contributed by atoms with E-state index in [-0.39, 0.29) is 29.3 Å². The Morgan fingerprint density at radius 2 is 1.65 bits per heavy atom. The first kappa shape index (κ1) is 19.1. The summed E-state index contributed by atoms with van der Waals surface area (Å²) < 4.78 is 0. The maximum absolute atomic E-state index is 11.7. The van der Waals surface area contributed by atoms with Crippen molar-refractivity contribution in [2.24, 2.45) is 5.41 Å². The Morgan fingerprint density at radius 3 is 2.06 bits per heavy atom. The molecule has 0 aliphatic rings. The SMILES string of the molecule is CNCCCC(=O)NC(C)(C)CC(C)(C)C.Cl. The highest BCUT2D eigenvalue weighted by Gasteiger charge is 2.26. The van der Waals surface area contributed by atoms with Gasteiger partial charge in [0, 0.05) is 12.0 Å². The summed E-state index contributed by atoms with van der Waals surface area (Å²) in [5, 5.41) is 6.15. The molecule has 0 bridgehead atoms. The molecule has 0 spiro atoms. The van der Waals surface area contributed by atoms with Gasteiger partial charge in [-0.1, -0.05) is 20.8 Å². The van der Waals surface area contributed by atoms with Crippen LogP contribution in [0.1, 0.15) is 53.9 Å². The normalized spacial score (nSPS) is 11.9. The van der Waals surface area contributed by atoms with Gasteiger partial charge in [0.25, 0.3) is 0 Å². The lowest BCUT2D eigenvalue weighted by atomic mass is 9.82. The number of carbonyl (C=O) groups excluding carboxylic acids is 1. The number of rotatable bonds is 6. The van der Waals surface area contributed by atoms with Gasteiger partial charge in [-0.3, -0.25) is 4.79 Å². The third-order valence-electron chi connectivity index (χ3n) is 2.28. The van der Waals surface area contributed by atoms with Gasteiger partial charge in [-0.05, 0) is 45.7 Å². The molecule has 0 radical (unpaired) electrons. The van der Waals surface area contributed by atoms with E-state index < -0.39 is 0 Å². The second-order valence-corrected chi connectivity index (χ2v) is 6.38.